The average Bonchev–Trinajstić information content (AvgIpc) is 2.38. The van der Waals surface area contributed by atoms with Crippen LogP contribution in [0, 0.1) is 0 Å². The molecule has 1 fully saturated rings. The molecule has 19 heavy (non-hydrogen) atoms. The molecule has 0 saturated carbocycles. The van der Waals surface area contributed by atoms with Gasteiger partial charge in [0.15, 0.2) is 17.3 Å². The van der Waals surface area contributed by atoms with E-state index in [4.69, 9.17) is 9.47 Å². The molecule has 4 heteroatoms. The van der Waals surface area contributed by atoms with E-state index < -0.39 is 0 Å². The summed E-state index contributed by atoms with van der Waals surface area (Å²) in [6, 6.07) is 5.33. The molecule has 1 heterocycles. The number of hydrogen-bond acceptors (Lipinski definition) is 4. The second kappa shape index (κ2) is 6.06. The normalized spacial score (nSPS) is 20.1. The van der Waals surface area contributed by atoms with Gasteiger partial charge in [0.2, 0.25) is 0 Å². The number of carbonyl (C=O) groups is 1. The van der Waals surface area contributed by atoms with Gasteiger partial charge in [0, 0.05) is 12.1 Å². The van der Waals surface area contributed by atoms with Crippen molar-refractivity contribution in [1.29, 1.82) is 0 Å². The van der Waals surface area contributed by atoms with Crippen LogP contribution < -0.4 is 9.47 Å². The number of nitrogens with zero attached hydrogens (tertiary/aromatic N) is 1. The number of methoxy groups -OCH3 is 1. The van der Waals surface area contributed by atoms with Crippen molar-refractivity contribution >= 4 is 5.78 Å². The molecule has 1 saturated heterocycles. The number of ether oxygens (including phenoxy) is 2. The minimum atomic E-state index is 0.0354. The van der Waals surface area contributed by atoms with Gasteiger partial charge in [0.05, 0.1) is 7.11 Å². The Hall–Kier alpha value is -1.55. The van der Waals surface area contributed by atoms with E-state index in [1.807, 2.05) is 0 Å². The summed E-state index contributed by atoms with van der Waals surface area (Å²) in [6.45, 7) is 3.58. The fraction of sp³-hybridized carbons (Fsp3) is 0.533. The van der Waals surface area contributed by atoms with Crippen molar-refractivity contribution in [2.75, 3.05) is 27.2 Å². The van der Waals surface area contributed by atoms with Crippen LogP contribution >= 0.6 is 0 Å². The van der Waals surface area contributed by atoms with Crippen molar-refractivity contribution in [2.45, 2.75) is 25.9 Å². The second-order valence-electron chi connectivity index (χ2n) is 5.07. The van der Waals surface area contributed by atoms with Gasteiger partial charge >= 0.3 is 0 Å². The van der Waals surface area contributed by atoms with Crippen LogP contribution in [0.25, 0.3) is 0 Å². The Morgan fingerprint density at radius 2 is 2.16 bits per heavy atom. The smallest absolute Gasteiger partial charge is 0.162 e. The van der Waals surface area contributed by atoms with Crippen molar-refractivity contribution in [3.63, 3.8) is 0 Å². The molecule has 1 aromatic carbocycles. The summed E-state index contributed by atoms with van der Waals surface area (Å²) < 4.78 is 11.3. The predicted octanol–water partition coefficient (Wildman–Crippen LogP) is 2.37. The van der Waals surface area contributed by atoms with Crippen molar-refractivity contribution < 1.29 is 14.3 Å². The number of likely N-dealkylation sites (N-methyl/N-ethyl adjacent to an activating group) is 1. The Morgan fingerprint density at radius 1 is 1.37 bits per heavy atom. The average molecular weight is 263 g/mol. The van der Waals surface area contributed by atoms with E-state index in [1.165, 1.54) is 0 Å². The number of rotatable bonds is 4. The van der Waals surface area contributed by atoms with Crippen LogP contribution in [0.5, 0.6) is 11.5 Å². The Bertz CT molecular complexity index is 459. The first-order valence-corrected chi connectivity index (χ1v) is 6.64. The van der Waals surface area contributed by atoms with E-state index in [2.05, 4.69) is 11.9 Å². The molecule has 1 aliphatic rings. The minimum absolute atomic E-state index is 0.0354. The topological polar surface area (TPSA) is 38.8 Å². The first-order chi connectivity index (χ1) is 9.10. The lowest BCUT2D eigenvalue weighted by Crippen LogP contribution is -2.38. The lowest BCUT2D eigenvalue weighted by atomic mass is 10.1. The molecule has 0 N–H and O–H groups in total. The fourth-order valence-corrected chi connectivity index (χ4v) is 2.38. The zero-order valence-corrected chi connectivity index (χ0v) is 11.8. The van der Waals surface area contributed by atoms with Gasteiger partial charge in [-0.1, -0.05) is 0 Å². The summed E-state index contributed by atoms with van der Waals surface area (Å²) in [6.07, 6.45) is 2.34. The molecule has 0 amide bonds. The van der Waals surface area contributed by atoms with Crippen LogP contribution in [0.2, 0.25) is 0 Å². The van der Waals surface area contributed by atoms with Gasteiger partial charge in [-0.05, 0) is 51.6 Å². The lowest BCUT2D eigenvalue weighted by Gasteiger charge is -2.30. The summed E-state index contributed by atoms with van der Waals surface area (Å²) in [5.74, 6) is 1.38. The molecule has 0 aromatic heterocycles. The van der Waals surface area contributed by atoms with E-state index >= 15 is 0 Å². The van der Waals surface area contributed by atoms with Crippen LogP contribution in [-0.4, -0.2) is 44.0 Å². The molecule has 1 atom stereocenters. The largest absolute Gasteiger partial charge is 0.493 e. The summed E-state index contributed by atoms with van der Waals surface area (Å²) in [7, 11) is 3.71. The summed E-state index contributed by atoms with van der Waals surface area (Å²) in [5.41, 5.74) is 0.653. The fourth-order valence-electron chi connectivity index (χ4n) is 2.38. The maximum absolute atomic E-state index is 11.4. The Morgan fingerprint density at radius 3 is 2.79 bits per heavy atom. The number of hydrogen-bond donors (Lipinski definition) is 0. The van der Waals surface area contributed by atoms with Crippen molar-refractivity contribution in [3.05, 3.63) is 23.8 Å². The quantitative estimate of drug-likeness (QED) is 0.782. The van der Waals surface area contributed by atoms with E-state index in [9.17, 15) is 4.79 Å². The van der Waals surface area contributed by atoms with Crippen molar-refractivity contribution in [2.24, 2.45) is 0 Å². The Balaban J connectivity index is 2.17. The molecule has 2 rings (SSSR count). The van der Waals surface area contributed by atoms with Crippen molar-refractivity contribution in [1.82, 2.24) is 4.90 Å². The first kappa shape index (κ1) is 13.9. The summed E-state index contributed by atoms with van der Waals surface area (Å²) in [4.78, 5) is 13.7. The van der Waals surface area contributed by atoms with E-state index in [-0.39, 0.29) is 11.9 Å². The van der Waals surface area contributed by atoms with Gasteiger partial charge in [0.25, 0.3) is 0 Å². The maximum Gasteiger partial charge on any atom is 0.162 e. The maximum atomic E-state index is 11.4. The third kappa shape index (κ3) is 3.47. The lowest BCUT2D eigenvalue weighted by molar-refractivity contribution is 0.0987. The molecular weight excluding hydrogens is 242 g/mol. The van der Waals surface area contributed by atoms with Gasteiger partial charge < -0.3 is 14.4 Å². The van der Waals surface area contributed by atoms with E-state index in [1.54, 1.807) is 32.2 Å². The number of benzene rings is 1. The highest BCUT2D eigenvalue weighted by atomic mass is 16.5. The van der Waals surface area contributed by atoms with Gasteiger partial charge in [0.1, 0.15) is 6.10 Å². The standard InChI is InChI=1S/C15H21NO3/c1-11(17)12-6-7-14(18-3)15(9-12)19-13-5-4-8-16(2)10-13/h6-7,9,13H,4-5,8,10H2,1-3H3. The van der Waals surface area contributed by atoms with Gasteiger partial charge in [-0.25, -0.2) is 0 Å². The molecule has 0 radical (unpaired) electrons. The number of likely N-dealkylation sites (tertiary alicyclic amines) is 1. The highest BCUT2D eigenvalue weighted by molar-refractivity contribution is 5.94. The number of piperidine rings is 1. The van der Waals surface area contributed by atoms with Gasteiger partial charge in [-0.15, -0.1) is 0 Å². The molecule has 104 valence electrons. The van der Waals surface area contributed by atoms with Crippen LogP contribution in [-0.2, 0) is 0 Å². The summed E-state index contributed by atoms with van der Waals surface area (Å²) in [5, 5.41) is 0. The number of Topliss-reactive ketones (excluding diaryl/α,β-unsaturated/α-hetero) is 1. The summed E-state index contributed by atoms with van der Waals surface area (Å²) >= 11 is 0. The highest BCUT2D eigenvalue weighted by Crippen LogP contribution is 2.30. The minimum Gasteiger partial charge on any atom is -0.493 e. The predicted molar refractivity (Wildman–Crippen MR) is 74.1 cm³/mol. The molecule has 0 bridgehead atoms. The molecule has 1 aliphatic heterocycles. The number of ketones is 1. The van der Waals surface area contributed by atoms with Crippen LogP contribution in [0.4, 0.5) is 0 Å². The Kier molecular flexibility index (Phi) is 4.43. The molecule has 0 aliphatic carbocycles. The van der Waals surface area contributed by atoms with E-state index in [0.717, 1.165) is 25.9 Å². The number of carbonyl (C=O) groups excluding carboxylic acids is 1. The van der Waals surface area contributed by atoms with Crippen molar-refractivity contribution in [3.8, 4) is 11.5 Å². The monoisotopic (exact) mass is 263 g/mol. The first-order valence-electron chi connectivity index (χ1n) is 6.64. The SMILES string of the molecule is COc1ccc(C(C)=O)cc1OC1CCCN(C)C1. The highest BCUT2D eigenvalue weighted by Gasteiger charge is 2.20. The zero-order valence-electron chi connectivity index (χ0n) is 11.8. The zero-order chi connectivity index (χ0) is 13.8. The van der Waals surface area contributed by atoms with Gasteiger partial charge in [-0.2, -0.15) is 0 Å². The van der Waals surface area contributed by atoms with Crippen LogP contribution in [0.3, 0.4) is 0 Å². The molecule has 0 spiro atoms. The van der Waals surface area contributed by atoms with Crippen LogP contribution in [0.1, 0.15) is 30.1 Å². The second-order valence-corrected chi connectivity index (χ2v) is 5.07. The third-order valence-corrected chi connectivity index (χ3v) is 3.45. The van der Waals surface area contributed by atoms with E-state index in [0.29, 0.717) is 17.1 Å². The molecule has 1 aromatic rings. The van der Waals surface area contributed by atoms with Gasteiger partial charge in [-0.3, -0.25) is 4.79 Å². The third-order valence-electron chi connectivity index (χ3n) is 3.45. The molecule has 4 nitrogen and oxygen atoms in total. The molecular formula is C15H21NO3. The molecule has 1 unspecified atom stereocenters. The van der Waals surface area contributed by atoms with Crippen LogP contribution in [0.15, 0.2) is 18.2 Å². The Labute approximate surface area is 114 Å².